The Labute approximate surface area is 165 Å². The fraction of sp³-hybridized carbons (Fsp3) is 0.333. The lowest BCUT2D eigenvalue weighted by Gasteiger charge is -2.18. The number of nitrogens with one attached hydrogen (secondary N) is 2. The summed E-state index contributed by atoms with van der Waals surface area (Å²) in [7, 11) is 4.89. The van der Waals surface area contributed by atoms with Crippen molar-refractivity contribution in [2.24, 2.45) is 0 Å². The van der Waals surface area contributed by atoms with Crippen molar-refractivity contribution in [3.8, 4) is 11.5 Å². The highest BCUT2D eigenvalue weighted by Crippen LogP contribution is 2.27. The number of benzene rings is 2. The minimum atomic E-state index is -0.410. The molecule has 0 saturated heterocycles. The molecule has 0 aliphatic heterocycles. The highest BCUT2D eigenvalue weighted by atomic mass is 16.5. The zero-order chi connectivity index (χ0) is 20.5. The molecule has 3 amide bonds. The highest BCUT2D eigenvalue weighted by Gasteiger charge is 2.12. The fourth-order valence-corrected chi connectivity index (χ4v) is 2.65. The number of urea groups is 1. The van der Waals surface area contributed by atoms with Gasteiger partial charge in [-0.25, -0.2) is 4.79 Å². The summed E-state index contributed by atoms with van der Waals surface area (Å²) in [6.07, 6.45) is 0.665. The van der Waals surface area contributed by atoms with E-state index in [0.717, 1.165) is 11.1 Å². The van der Waals surface area contributed by atoms with Crippen LogP contribution in [0.4, 0.5) is 10.5 Å². The van der Waals surface area contributed by atoms with Gasteiger partial charge in [-0.3, -0.25) is 4.79 Å². The summed E-state index contributed by atoms with van der Waals surface area (Å²) in [6, 6.07) is 12.7. The second kappa shape index (κ2) is 10.2. The summed E-state index contributed by atoms with van der Waals surface area (Å²) in [5.41, 5.74) is 2.76. The molecule has 2 N–H and O–H groups in total. The predicted molar refractivity (Wildman–Crippen MR) is 109 cm³/mol. The third kappa shape index (κ3) is 6.19. The van der Waals surface area contributed by atoms with Gasteiger partial charge in [0.15, 0.2) is 11.5 Å². The van der Waals surface area contributed by atoms with E-state index in [-0.39, 0.29) is 12.5 Å². The number of likely N-dealkylation sites (N-methyl/N-ethyl adjacent to an activating group) is 1. The molecule has 0 aromatic heterocycles. The maximum Gasteiger partial charge on any atom is 0.319 e. The van der Waals surface area contributed by atoms with E-state index in [1.165, 1.54) is 0 Å². The Bertz CT molecular complexity index is 823. The number of ether oxygens (including phenoxy) is 2. The number of carbonyl (C=O) groups is 2. The molecule has 0 saturated carbocycles. The van der Waals surface area contributed by atoms with Crippen molar-refractivity contribution in [1.82, 2.24) is 10.2 Å². The van der Waals surface area contributed by atoms with Gasteiger partial charge >= 0.3 is 6.03 Å². The van der Waals surface area contributed by atoms with Crippen molar-refractivity contribution in [2.45, 2.75) is 13.3 Å². The first-order chi connectivity index (χ1) is 13.4. The molecule has 0 atom stereocenters. The summed E-state index contributed by atoms with van der Waals surface area (Å²) in [6.45, 7) is 2.40. The van der Waals surface area contributed by atoms with Crippen LogP contribution in [0.1, 0.15) is 11.1 Å². The molecule has 0 heterocycles. The lowest BCUT2D eigenvalue weighted by molar-refractivity contribution is -0.128. The quantitative estimate of drug-likeness (QED) is 0.732. The van der Waals surface area contributed by atoms with Crippen molar-refractivity contribution >= 4 is 17.6 Å². The summed E-state index contributed by atoms with van der Waals surface area (Å²) in [4.78, 5) is 25.8. The molecular weight excluding hydrogens is 358 g/mol. The van der Waals surface area contributed by atoms with Crippen LogP contribution in [0.3, 0.4) is 0 Å². The number of rotatable bonds is 8. The number of methoxy groups -OCH3 is 2. The fourth-order valence-electron chi connectivity index (χ4n) is 2.65. The number of nitrogens with zero attached hydrogens (tertiary/aromatic N) is 1. The van der Waals surface area contributed by atoms with Gasteiger partial charge in [0.25, 0.3) is 0 Å². The summed E-state index contributed by atoms with van der Waals surface area (Å²) in [5.74, 6) is 1.16. The minimum Gasteiger partial charge on any atom is -0.493 e. The number of hydrogen-bond donors (Lipinski definition) is 2. The van der Waals surface area contributed by atoms with E-state index in [4.69, 9.17) is 9.47 Å². The Kier molecular flexibility index (Phi) is 7.68. The van der Waals surface area contributed by atoms with E-state index in [1.54, 1.807) is 32.2 Å². The molecule has 7 heteroatoms. The van der Waals surface area contributed by atoms with Crippen LogP contribution in [0.2, 0.25) is 0 Å². The van der Waals surface area contributed by atoms with Crippen molar-refractivity contribution in [1.29, 1.82) is 0 Å². The largest absolute Gasteiger partial charge is 0.493 e. The number of amides is 3. The van der Waals surface area contributed by atoms with Gasteiger partial charge in [-0.15, -0.1) is 0 Å². The van der Waals surface area contributed by atoms with Gasteiger partial charge in [-0.2, -0.15) is 0 Å². The minimum absolute atomic E-state index is 0.0694. The van der Waals surface area contributed by atoms with Crippen molar-refractivity contribution < 1.29 is 19.1 Å². The molecule has 0 aliphatic carbocycles. The molecule has 0 radical (unpaired) electrons. The Morgan fingerprint density at radius 1 is 1.04 bits per heavy atom. The first-order valence-corrected chi connectivity index (χ1v) is 8.99. The van der Waals surface area contributed by atoms with Crippen LogP contribution in [-0.4, -0.2) is 51.2 Å². The van der Waals surface area contributed by atoms with E-state index in [9.17, 15) is 9.59 Å². The van der Waals surface area contributed by atoms with Crippen LogP contribution in [0, 0.1) is 6.92 Å². The summed E-state index contributed by atoms with van der Waals surface area (Å²) in [5, 5.41) is 5.30. The molecule has 7 nitrogen and oxygen atoms in total. The second-order valence-electron chi connectivity index (χ2n) is 6.43. The van der Waals surface area contributed by atoms with Crippen LogP contribution in [0.5, 0.6) is 11.5 Å². The molecule has 0 spiro atoms. The maximum absolute atomic E-state index is 12.2. The highest BCUT2D eigenvalue weighted by molar-refractivity contribution is 5.92. The van der Waals surface area contributed by atoms with E-state index in [0.29, 0.717) is 30.2 Å². The average Bonchev–Trinajstić information content (AvgIpc) is 2.69. The van der Waals surface area contributed by atoms with E-state index in [2.05, 4.69) is 10.6 Å². The first kappa shape index (κ1) is 21.1. The topological polar surface area (TPSA) is 79.9 Å². The molecule has 0 fully saturated rings. The third-order valence-corrected chi connectivity index (χ3v) is 4.29. The number of aryl methyl sites for hydroxylation is 1. The van der Waals surface area contributed by atoms with Crippen LogP contribution in [0.25, 0.3) is 0 Å². The van der Waals surface area contributed by atoms with Crippen LogP contribution < -0.4 is 20.1 Å². The summed E-state index contributed by atoms with van der Waals surface area (Å²) < 4.78 is 10.5. The van der Waals surface area contributed by atoms with Crippen molar-refractivity contribution in [3.63, 3.8) is 0 Å². The Morgan fingerprint density at radius 2 is 1.79 bits per heavy atom. The molecule has 0 unspecified atom stereocenters. The molecule has 2 aromatic carbocycles. The zero-order valence-electron chi connectivity index (χ0n) is 16.7. The van der Waals surface area contributed by atoms with E-state index < -0.39 is 6.03 Å². The van der Waals surface area contributed by atoms with Crippen LogP contribution >= 0.6 is 0 Å². The second-order valence-corrected chi connectivity index (χ2v) is 6.43. The van der Waals surface area contributed by atoms with Gasteiger partial charge in [0, 0.05) is 19.3 Å². The molecule has 150 valence electrons. The van der Waals surface area contributed by atoms with Crippen LogP contribution in [-0.2, 0) is 11.2 Å². The van der Waals surface area contributed by atoms with Gasteiger partial charge < -0.3 is 25.0 Å². The van der Waals surface area contributed by atoms with Crippen molar-refractivity contribution in [3.05, 3.63) is 53.6 Å². The molecule has 0 bridgehead atoms. The van der Waals surface area contributed by atoms with Gasteiger partial charge in [-0.1, -0.05) is 18.2 Å². The zero-order valence-corrected chi connectivity index (χ0v) is 16.7. The van der Waals surface area contributed by atoms with Gasteiger partial charge in [0.2, 0.25) is 5.91 Å². The maximum atomic E-state index is 12.2. The van der Waals surface area contributed by atoms with Gasteiger partial charge in [-0.05, 0) is 48.7 Å². The Morgan fingerprint density at radius 3 is 2.46 bits per heavy atom. The first-order valence-electron chi connectivity index (χ1n) is 8.99. The lowest BCUT2D eigenvalue weighted by atomic mass is 10.1. The normalized spacial score (nSPS) is 10.1. The molecule has 0 aliphatic rings. The van der Waals surface area contributed by atoms with E-state index in [1.807, 2.05) is 43.3 Å². The van der Waals surface area contributed by atoms with Gasteiger partial charge in [0.1, 0.15) is 0 Å². The van der Waals surface area contributed by atoms with Crippen molar-refractivity contribution in [2.75, 3.05) is 39.7 Å². The lowest BCUT2D eigenvalue weighted by Crippen LogP contribution is -2.40. The molecule has 2 aromatic rings. The average molecular weight is 385 g/mol. The number of anilines is 1. The Hall–Kier alpha value is -3.22. The number of carbonyl (C=O) groups excluding carboxylic acids is 2. The van der Waals surface area contributed by atoms with Crippen LogP contribution in [0.15, 0.2) is 42.5 Å². The standard InChI is InChI=1S/C21H27N3O4/c1-15-6-5-7-17(12-15)23-21(26)22-14-20(25)24(2)11-10-16-8-9-18(27-3)19(13-16)28-4/h5-9,12-13H,10-11,14H2,1-4H3,(H2,22,23,26). The SMILES string of the molecule is COc1ccc(CCN(C)C(=O)CNC(=O)Nc2cccc(C)c2)cc1OC. The monoisotopic (exact) mass is 385 g/mol. The third-order valence-electron chi connectivity index (χ3n) is 4.29. The molecule has 2 rings (SSSR count). The van der Waals surface area contributed by atoms with Gasteiger partial charge in [0.05, 0.1) is 20.8 Å². The smallest absolute Gasteiger partial charge is 0.319 e. The van der Waals surface area contributed by atoms with E-state index >= 15 is 0 Å². The predicted octanol–water partition coefficient (Wildman–Crippen LogP) is 2.83. The molecule has 28 heavy (non-hydrogen) atoms. The number of hydrogen-bond acceptors (Lipinski definition) is 4. The summed E-state index contributed by atoms with van der Waals surface area (Å²) >= 11 is 0. The Balaban J connectivity index is 1.78. The molecular formula is C21H27N3O4.